The lowest BCUT2D eigenvalue weighted by atomic mass is 10.0. The Balaban J connectivity index is 3.07. The van der Waals surface area contributed by atoms with E-state index in [4.69, 9.17) is 9.84 Å². The third-order valence-corrected chi connectivity index (χ3v) is 3.06. The van der Waals surface area contributed by atoms with Crippen molar-refractivity contribution < 1.29 is 14.6 Å². The molecular weight excluding hydrogens is 212 g/mol. The van der Waals surface area contributed by atoms with Gasteiger partial charge in [0.15, 0.2) is 0 Å². The van der Waals surface area contributed by atoms with Crippen molar-refractivity contribution in [2.24, 2.45) is 0 Å². The summed E-state index contributed by atoms with van der Waals surface area (Å²) in [4.78, 5) is 11.8. The molecule has 1 rings (SSSR count). The van der Waals surface area contributed by atoms with E-state index in [2.05, 4.69) is 0 Å². The summed E-state index contributed by atoms with van der Waals surface area (Å²) >= 11 is 1.58. The van der Waals surface area contributed by atoms with Crippen molar-refractivity contribution in [3.63, 3.8) is 0 Å². The van der Waals surface area contributed by atoms with Crippen molar-refractivity contribution in [3.05, 3.63) is 23.8 Å². The van der Waals surface area contributed by atoms with Crippen molar-refractivity contribution in [2.75, 3.05) is 13.4 Å². The molecule has 0 aromatic heterocycles. The quantitative estimate of drug-likeness (QED) is 0.802. The first-order chi connectivity index (χ1) is 7.10. The summed E-state index contributed by atoms with van der Waals surface area (Å²) in [5.41, 5.74) is 0.761. The zero-order valence-corrected chi connectivity index (χ0v) is 9.80. The molecule has 0 aliphatic carbocycles. The molecule has 1 aromatic rings. The van der Waals surface area contributed by atoms with Crippen molar-refractivity contribution >= 4 is 17.7 Å². The number of benzene rings is 1. The molecule has 0 spiro atoms. The van der Waals surface area contributed by atoms with Crippen molar-refractivity contribution in [1.82, 2.24) is 0 Å². The molecule has 82 valence electrons. The molecule has 0 bridgehead atoms. The molecule has 0 radical (unpaired) electrons. The summed E-state index contributed by atoms with van der Waals surface area (Å²) in [6, 6.07) is 5.50. The van der Waals surface area contributed by atoms with Crippen LogP contribution >= 0.6 is 11.8 Å². The number of thioether (sulfide) groups is 1. The van der Waals surface area contributed by atoms with E-state index in [1.165, 1.54) is 0 Å². The fourth-order valence-electron chi connectivity index (χ4n) is 1.26. The smallest absolute Gasteiger partial charge is 0.310 e. The minimum Gasteiger partial charge on any atom is -0.496 e. The zero-order valence-electron chi connectivity index (χ0n) is 8.98. The predicted molar refractivity (Wildman–Crippen MR) is 60.8 cm³/mol. The van der Waals surface area contributed by atoms with Gasteiger partial charge in [-0.2, -0.15) is 0 Å². The largest absolute Gasteiger partial charge is 0.496 e. The molecule has 0 fully saturated rings. The van der Waals surface area contributed by atoms with Crippen LogP contribution in [0.2, 0.25) is 0 Å². The highest BCUT2D eigenvalue weighted by Gasteiger charge is 2.15. The van der Waals surface area contributed by atoms with Crippen LogP contribution in [-0.2, 0) is 4.79 Å². The van der Waals surface area contributed by atoms with Gasteiger partial charge in [0, 0.05) is 4.90 Å². The van der Waals surface area contributed by atoms with Gasteiger partial charge in [-0.15, -0.1) is 11.8 Å². The lowest BCUT2D eigenvalue weighted by molar-refractivity contribution is -0.138. The summed E-state index contributed by atoms with van der Waals surface area (Å²) in [7, 11) is 1.59. The zero-order chi connectivity index (χ0) is 11.4. The summed E-state index contributed by atoms with van der Waals surface area (Å²) in [5, 5.41) is 8.88. The second-order valence-corrected chi connectivity index (χ2v) is 4.02. The van der Waals surface area contributed by atoms with E-state index in [0.29, 0.717) is 0 Å². The Morgan fingerprint density at radius 3 is 2.67 bits per heavy atom. The number of carboxylic acid groups (broad SMARTS) is 1. The number of rotatable bonds is 4. The van der Waals surface area contributed by atoms with Gasteiger partial charge in [-0.05, 0) is 30.9 Å². The van der Waals surface area contributed by atoms with Crippen LogP contribution in [0.1, 0.15) is 18.4 Å². The van der Waals surface area contributed by atoms with Crippen LogP contribution in [0.4, 0.5) is 0 Å². The van der Waals surface area contributed by atoms with Crippen molar-refractivity contribution in [2.45, 2.75) is 17.7 Å². The maximum atomic E-state index is 10.8. The Labute approximate surface area is 93.4 Å². The number of carboxylic acids is 1. The topological polar surface area (TPSA) is 46.5 Å². The Kier molecular flexibility index (Phi) is 4.03. The van der Waals surface area contributed by atoms with E-state index in [-0.39, 0.29) is 0 Å². The molecule has 0 aliphatic heterocycles. The van der Waals surface area contributed by atoms with Crippen molar-refractivity contribution in [1.29, 1.82) is 0 Å². The molecule has 1 aromatic carbocycles. The molecule has 1 N–H and O–H groups in total. The van der Waals surface area contributed by atoms with Crippen LogP contribution < -0.4 is 4.74 Å². The highest BCUT2D eigenvalue weighted by atomic mass is 32.2. The lowest BCUT2D eigenvalue weighted by Crippen LogP contribution is -2.07. The standard InChI is InChI=1S/C11H14O3S/c1-7(11(12)13)8-4-5-10(15-3)9(6-8)14-2/h4-7H,1-3H3,(H,12,13). The van der Waals surface area contributed by atoms with Gasteiger partial charge in [0.25, 0.3) is 0 Å². The third kappa shape index (κ3) is 2.65. The minimum absolute atomic E-state index is 0.505. The van der Waals surface area contributed by atoms with Crippen LogP contribution in [-0.4, -0.2) is 24.4 Å². The Morgan fingerprint density at radius 1 is 1.53 bits per heavy atom. The Bertz CT molecular complexity index is 363. The molecule has 0 aliphatic rings. The van der Waals surface area contributed by atoms with E-state index in [1.54, 1.807) is 31.9 Å². The molecule has 1 unspecified atom stereocenters. The van der Waals surface area contributed by atoms with E-state index in [1.807, 2.05) is 18.4 Å². The maximum absolute atomic E-state index is 10.8. The second kappa shape index (κ2) is 5.07. The van der Waals surface area contributed by atoms with Crippen LogP contribution in [0, 0.1) is 0 Å². The fraction of sp³-hybridized carbons (Fsp3) is 0.364. The second-order valence-electron chi connectivity index (χ2n) is 3.17. The SMILES string of the molecule is COc1cc(C(C)C(=O)O)ccc1SC. The van der Waals surface area contributed by atoms with Gasteiger partial charge >= 0.3 is 5.97 Å². The first-order valence-corrected chi connectivity index (χ1v) is 5.77. The number of hydrogen-bond donors (Lipinski definition) is 1. The molecule has 15 heavy (non-hydrogen) atoms. The summed E-state index contributed by atoms with van der Waals surface area (Å²) in [6.45, 7) is 1.66. The predicted octanol–water partition coefficient (Wildman–Crippen LogP) is 2.61. The first kappa shape index (κ1) is 11.9. The molecular formula is C11H14O3S. The van der Waals surface area contributed by atoms with Gasteiger partial charge in [0.05, 0.1) is 13.0 Å². The summed E-state index contributed by atoms with van der Waals surface area (Å²) in [6.07, 6.45) is 1.96. The van der Waals surface area contributed by atoms with Gasteiger partial charge in [0.1, 0.15) is 5.75 Å². The van der Waals surface area contributed by atoms with Gasteiger partial charge in [-0.3, -0.25) is 4.79 Å². The molecule has 0 saturated carbocycles. The Morgan fingerprint density at radius 2 is 2.20 bits per heavy atom. The number of ether oxygens (including phenoxy) is 1. The van der Waals surface area contributed by atoms with E-state index >= 15 is 0 Å². The first-order valence-electron chi connectivity index (χ1n) is 4.55. The highest BCUT2D eigenvalue weighted by Crippen LogP contribution is 2.30. The number of hydrogen-bond acceptors (Lipinski definition) is 3. The normalized spacial score (nSPS) is 12.2. The molecule has 1 atom stereocenters. The van der Waals surface area contributed by atoms with E-state index in [0.717, 1.165) is 16.2 Å². The molecule has 3 nitrogen and oxygen atoms in total. The average molecular weight is 226 g/mol. The fourth-order valence-corrected chi connectivity index (χ4v) is 1.81. The summed E-state index contributed by atoms with van der Waals surface area (Å²) in [5.74, 6) is -0.600. The lowest BCUT2D eigenvalue weighted by Gasteiger charge is -2.11. The van der Waals surface area contributed by atoms with Gasteiger partial charge in [-0.25, -0.2) is 0 Å². The van der Waals surface area contributed by atoms with Gasteiger partial charge in [-0.1, -0.05) is 6.07 Å². The average Bonchev–Trinajstić information content (AvgIpc) is 2.26. The monoisotopic (exact) mass is 226 g/mol. The summed E-state index contributed by atoms with van der Waals surface area (Å²) < 4.78 is 5.19. The number of carbonyl (C=O) groups is 1. The molecule has 0 amide bonds. The van der Waals surface area contributed by atoms with Crippen LogP contribution in [0.15, 0.2) is 23.1 Å². The Hall–Kier alpha value is -1.16. The molecule has 4 heteroatoms. The third-order valence-electron chi connectivity index (χ3n) is 2.28. The van der Waals surface area contributed by atoms with Crippen LogP contribution in [0.5, 0.6) is 5.75 Å². The van der Waals surface area contributed by atoms with Crippen LogP contribution in [0.25, 0.3) is 0 Å². The number of aliphatic carboxylic acids is 1. The van der Waals surface area contributed by atoms with Crippen LogP contribution in [0.3, 0.4) is 0 Å². The van der Waals surface area contributed by atoms with Gasteiger partial charge < -0.3 is 9.84 Å². The highest BCUT2D eigenvalue weighted by molar-refractivity contribution is 7.98. The minimum atomic E-state index is -0.825. The molecule has 0 saturated heterocycles. The number of methoxy groups -OCH3 is 1. The molecule has 0 heterocycles. The van der Waals surface area contributed by atoms with Crippen molar-refractivity contribution in [3.8, 4) is 5.75 Å². The van der Waals surface area contributed by atoms with E-state index < -0.39 is 11.9 Å². The maximum Gasteiger partial charge on any atom is 0.310 e. The van der Waals surface area contributed by atoms with Gasteiger partial charge in [0.2, 0.25) is 0 Å². The van der Waals surface area contributed by atoms with E-state index in [9.17, 15) is 4.79 Å².